The van der Waals surface area contributed by atoms with Crippen molar-refractivity contribution in [3.05, 3.63) is 48.7 Å². The molecule has 0 radical (unpaired) electrons. The van der Waals surface area contributed by atoms with Crippen LogP contribution in [0.2, 0.25) is 0 Å². The second kappa shape index (κ2) is 7.43. The number of hydrogen-bond donors (Lipinski definition) is 1. The number of amides is 1. The number of aromatic nitrogens is 1. The zero-order valence-electron chi connectivity index (χ0n) is 14.4. The predicted octanol–water partition coefficient (Wildman–Crippen LogP) is 2.58. The van der Waals surface area contributed by atoms with E-state index in [-0.39, 0.29) is 19.1 Å². The van der Waals surface area contributed by atoms with E-state index in [1.54, 1.807) is 49.5 Å². The van der Waals surface area contributed by atoms with Crippen LogP contribution in [0, 0.1) is 5.41 Å². The third-order valence-electron chi connectivity index (χ3n) is 4.39. The van der Waals surface area contributed by atoms with Crippen LogP contribution in [0.25, 0.3) is 0 Å². The number of aliphatic carboxylic acids is 1. The molecule has 1 saturated heterocycles. The molecular weight excluding hydrogens is 336 g/mol. The van der Waals surface area contributed by atoms with Crippen molar-refractivity contribution >= 4 is 11.9 Å². The lowest BCUT2D eigenvalue weighted by Gasteiger charge is -2.20. The lowest BCUT2D eigenvalue weighted by Crippen LogP contribution is -2.37. The second-order valence-corrected chi connectivity index (χ2v) is 6.46. The van der Waals surface area contributed by atoms with Crippen LogP contribution in [-0.2, 0) is 9.59 Å². The number of benzene rings is 1. The average Bonchev–Trinajstić information content (AvgIpc) is 3.06. The number of ether oxygens (including phenoxy) is 2. The molecule has 0 aliphatic carbocycles. The van der Waals surface area contributed by atoms with Gasteiger partial charge >= 0.3 is 5.97 Å². The highest BCUT2D eigenvalue weighted by atomic mass is 16.5. The van der Waals surface area contributed by atoms with Gasteiger partial charge in [-0.15, -0.1) is 0 Å². The summed E-state index contributed by atoms with van der Waals surface area (Å²) >= 11 is 0. The first-order chi connectivity index (χ1) is 12.5. The van der Waals surface area contributed by atoms with Crippen molar-refractivity contribution < 1.29 is 24.2 Å². The van der Waals surface area contributed by atoms with E-state index in [9.17, 15) is 14.7 Å². The molecule has 1 aliphatic rings. The molecule has 1 fully saturated rings. The zero-order valence-corrected chi connectivity index (χ0v) is 14.4. The van der Waals surface area contributed by atoms with Gasteiger partial charge in [-0.3, -0.25) is 9.59 Å². The summed E-state index contributed by atoms with van der Waals surface area (Å²) in [5.74, 6) is 0.541. The summed E-state index contributed by atoms with van der Waals surface area (Å²) < 4.78 is 11.1. The molecule has 7 heteroatoms. The Bertz CT molecular complexity index is 778. The summed E-state index contributed by atoms with van der Waals surface area (Å²) in [7, 11) is 0. The average molecular weight is 356 g/mol. The van der Waals surface area contributed by atoms with Crippen LogP contribution >= 0.6 is 0 Å². The number of rotatable bonds is 6. The normalized spacial score (nSPS) is 19.2. The minimum atomic E-state index is -0.878. The van der Waals surface area contributed by atoms with Gasteiger partial charge in [-0.2, -0.15) is 0 Å². The quantitative estimate of drug-likeness (QED) is 0.856. The molecule has 1 amide bonds. The van der Waals surface area contributed by atoms with E-state index >= 15 is 0 Å². The molecule has 26 heavy (non-hydrogen) atoms. The minimum Gasteiger partial charge on any atom is -0.484 e. The maximum absolute atomic E-state index is 12.2. The monoisotopic (exact) mass is 356 g/mol. The van der Waals surface area contributed by atoms with E-state index in [0.29, 0.717) is 30.3 Å². The molecular formula is C19H20N2O5. The Morgan fingerprint density at radius 3 is 2.54 bits per heavy atom. The van der Waals surface area contributed by atoms with Gasteiger partial charge in [-0.05, 0) is 43.7 Å². The van der Waals surface area contributed by atoms with Gasteiger partial charge in [0.2, 0.25) is 5.88 Å². The fraction of sp³-hybridized carbons (Fsp3) is 0.316. The Balaban J connectivity index is 1.50. The number of carboxylic acid groups (broad SMARTS) is 1. The standard InChI is InChI=1S/C19H20N2O5/c1-19(18(23)24)9-11-21(13-19)17(22)12-25-14-5-7-15(8-6-14)26-16-4-2-3-10-20-16/h2-8,10H,9,11-13H2,1H3,(H,23,24). The highest BCUT2D eigenvalue weighted by Gasteiger charge is 2.42. The van der Waals surface area contributed by atoms with E-state index in [1.807, 2.05) is 6.07 Å². The molecule has 1 unspecified atom stereocenters. The highest BCUT2D eigenvalue weighted by Crippen LogP contribution is 2.30. The van der Waals surface area contributed by atoms with Gasteiger partial charge in [0.05, 0.1) is 5.41 Å². The first kappa shape index (κ1) is 17.7. The van der Waals surface area contributed by atoms with E-state index in [0.717, 1.165) is 0 Å². The van der Waals surface area contributed by atoms with Gasteiger partial charge in [0.25, 0.3) is 5.91 Å². The molecule has 1 aliphatic heterocycles. The maximum Gasteiger partial charge on any atom is 0.311 e. The van der Waals surface area contributed by atoms with Crippen molar-refractivity contribution in [2.24, 2.45) is 5.41 Å². The maximum atomic E-state index is 12.2. The van der Waals surface area contributed by atoms with Crippen molar-refractivity contribution in [3.8, 4) is 17.4 Å². The minimum absolute atomic E-state index is 0.129. The Kier molecular flexibility index (Phi) is 5.06. The summed E-state index contributed by atoms with van der Waals surface area (Å²) in [6.07, 6.45) is 2.10. The van der Waals surface area contributed by atoms with Gasteiger partial charge < -0.3 is 19.5 Å². The fourth-order valence-corrected chi connectivity index (χ4v) is 2.72. The topological polar surface area (TPSA) is 89.0 Å². The first-order valence-electron chi connectivity index (χ1n) is 8.29. The van der Waals surface area contributed by atoms with Gasteiger partial charge in [0.1, 0.15) is 11.5 Å². The summed E-state index contributed by atoms with van der Waals surface area (Å²) in [6.45, 7) is 2.17. The van der Waals surface area contributed by atoms with Crippen LogP contribution in [0.4, 0.5) is 0 Å². The molecule has 0 bridgehead atoms. The Morgan fingerprint density at radius 1 is 1.19 bits per heavy atom. The van der Waals surface area contributed by atoms with Crippen LogP contribution in [0.1, 0.15) is 13.3 Å². The first-order valence-corrected chi connectivity index (χ1v) is 8.29. The Labute approximate surface area is 151 Å². The third-order valence-corrected chi connectivity index (χ3v) is 4.39. The molecule has 0 saturated carbocycles. The summed E-state index contributed by atoms with van der Waals surface area (Å²) in [5.41, 5.74) is -0.875. The van der Waals surface area contributed by atoms with Crippen LogP contribution in [0.3, 0.4) is 0 Å². The molecule has 0 spiro atoms. The van der Waals surface area contributed by atoms with Gasteiger partial charge in [-0.25, -0.2) is 4.98 Å². The van der Waals surface area contributed by atoms with Gasteiger partial charge in [-0.1, -0.05) is 6.07 Å². The fourth-order valence-electron chi connectivity index (χ4n) is 2.72. The van der Waals surface area contributed by atoms with Crippen molar-refractivity contribution in [1.82, 2.24) is 9.88 Å². The molecule has 7 nitrogen and oxygen atoms in total. The largest absolute Gasteiger partial charge is 0.484 e. The van der Waals surface area contributed by atoms with Gasteiger partial charge in [0, 0.05) is 25.4 Å². The summed E-state index contributed by atoms with van der Waals surface area (Å²) in [4.78, 5) is 29.1. The van der Waals surface area contributed by atoms with Gasteiger partial charge in [0.15, 0.2) is 6.61 Å². The Morgan fingerprint density at radius 2 is 1.92 bits per heavy atom. The number of carbonyl (C=O) groups excluding carboxylic acids is 1. The smallest absolute Gasteiger partial charge is 0.311 e. The van der Waals surface area contributed by atoms with E-state index < -0.39 is 11.4 Å². The summed E-state index contributed by atoms with van der Waals surface area (Å²) in [6, 6.07) is 12.3. The van der Waals surface area contributed by atoms with Crippen LogP contribution in [-0.4, -0.2) is 46.6 Å². The molecule has 3 rings (SSSR count). The lowest BCUT2D eigenvalue weighted by atomic mass is 9.90. The molecule has 1 N–H and O–H groups in total. The van der Waals surface area contributed by atoms with Crippen molar-refractivity contribution in [2.75, 3.05) is 19.7 Å². The molecule has 2 heterocycles. The van der Waals surface area contributed by atoms with Crippen molar-refractivity contribution in [1.29, 1.82) is 0 Å². The molecule has 1 atom stereocenters. The van der Waals surface area contributed by atoms with Crippen LogP contribution < -0.4 is 9.47 Å². The predicted molar refractivity (Wildman–Crippen MR) is 93.2 cm³/mol. The third kappa shape index (κ3) is 4.11. The molecule has 1 aromatic carbocycles. The van der Waals surface area contributed by atoms with Crippen molar-refractivity contribution in [2.45, 2.75) is 13.3 Å². The zero-order chi connectivity index (χ0) is 18.6. The van der Waals surface area contributed by atoms with Crippen LogP contribution in [0.5, 0.6) is 17.4 Å². The summed E-state index contributed by atoms with van der Waals surface area (Å²) in [5, 5.41) is 9.23. The highest BCUT2D eigenvalue weighted by molar-refractivity contribution is 5.81. The van der Waals surface area contributed by atoms with E-state index in [4.69, 9.17) is 9.47 Å². The second-order valence-electron chi connectivity index (χ2n) is 6.46. The molecule has 2 aromatic rings. The lowest BCUT2D eigenvalue weighted by molar-refractivity contribution is -0.147. The van der Waals surface area contributed by atoms with Crippen LogP contribution in [0.15, 0.2) is 48.7 Å². The Hall–Kier alpha value is -3.09. The number of likely N-dealkylation sites (tertiary alicyclic amines) is 1. The van der Waals surface area contributed by atoms with Crippen molar-refractivity contribution in [3.63, 3.8) is 0 Å². The number of hydrogen-bond acceptors (Lipinski definition) is 5. The number of carbonyl (C=O) groups is 2. The van der Waals surface area contributed by atoms with E-state index in [2.05, 4.69) is 4.98 Å². The number of carboxylic acids is 1. The number of nitrogens with zero attached hydrogens (tertiary/aromatic N) is 2. The number of pyridine rings is 1. The van der Waals surface area contributed by atoms with E-state index in [1.165, 1.54) is 4.90 Å². The molecule has 1 aromatic heterocycles. The molecule has 136 valence electrons. The SMILES string of the molecule is CC1(C(=O)O)CCN(C(=O)COc2ccc(Oc3ccccn3)cc2)C1.